The van der Waals surface area contributed by atoms with Gasteiger partial charge in [-0.2, -0.15) is 0 Å². The third-order valence-electron chi connectivity index (χ3n) is 5.55. The Morgan fingerprint density at radius 1 is 0.793 bits per heavy atom. The second kappa shape index (κ2) is 6.71. The molecular weight excluding hydrogens is 362 g/mol. The number of imidazole rings is 1. The van der Waals surface area contributed by atoms with Crippen LogP contribution >= 0.6 is 0 Å². The Hall–Kier alpha value is -3.73. The number of aryl methyl sites for hydroxylation is 1. The highest BCUT2D eigenvalue weighted by atomic mass is 16.2. The molecule has 5 heteroatoms. The fourth-order valence-corrected chi connectivity index (χ4v) is 3.97. The van der Waals surface area contributed by atoms with E-state index in [1.54, 1.807) is 24.3 Å². The van der Waals surface area contributed by atoms with Gasteiger partial charge in [0.15, 0.2) is 17.7 Å². The first-order valence-electron chi connectivity index (χ1n) is 9.60. The number of hydrogen-bond acceptors (Lipinski definition) is 2. The minimum atomic E-state index is -0.242. The van der Waals surface area contributed by atoms with Gasteiger partial charge in [0, 0.05) is 0 Å². The van der Waals surface area contributed by atoms with Crippen LogP contribution in [0, 0.1) is 6.92 Å². The lowest BCUT2D eigenvalue weighted by molar-refractivity contribution is -0.685. The number of rotatable bonds is 4. The first-order chi connectivity index (χ1) is 14.1. The molecule has 2 amide bonds. The second-order valence-corrected chi connectivity index (χ2v) is 7.35. The summed E-state index contributed by atoms with van der Waals surface area (Å²) in [5.41, 5.74) is 5.46. The van der Waals surface area contributed by atoms with E-state index in [1.165, 1.54) is 16.0 Å². The van der Waals surface area contributed by atoms with Gasteiger partial charge in [0.1, 0.15) is 6.54 Å². The maximum Gasteiger partial charge on any atom is 0.264 e. The first-order valence-corrected chi connectivity index (χ1v) is 9.60. The normalized spacial score (nSPS) is 13.3. The summed E-state index contributed by atoms with van der Waals surface area (Å²) >= 11 is 0. The van der Waals surface area contributed by atoms with E-state index in [9.17, 15) is 9.59 Å². The summed E-state index contributed by atoms with van der Waals surface area (Å²) in [4.78, 5) is 26.9. The lowest BCUT2D eigenvalue weighted by Gasteiger charge is -2.11. The van der Waals surface area contributed by atoms with Crippen molar-refractivity contribution in [3.63, 3.8) is 0 Å². The van der Waals surface area contributed by atoms with E-state index < -0.39 is 0 Å². The number of benzene rings is 3. The lowest BCUT2D eigenvalue weighted by atomic mass is 10.1. The Labute approximate surface area is 168 Å². The highest BCUT2D eigenvalue weighted by Crippen LogP contribution is 2.23. The molecule has 4 aromatic rings. The van der Waals surface area contributed by atoms with E-state index >= 15 is 0 Å². The monoisotopic (exact) mass is 382 g/mol. The van der Waals surface area contributed by atoms with Crippen molar-refractivity contribution < 1.29 is 14.2 Å². The number of carbonyl (C=O) groups is 2. The Bertz CT molecular complexity index is 1240. The van der Waals surface area contributed by atoms with E-state index in [4.69, 9.17) is 0 Å². The van der Waals surface area contributed by atoms with Crippen molar-refractivity contribution in [2.45, 2.75) is 20.1 Å². The van der Waals surface area contributed by atoms with E-state index in [0.717, 1.165) is 17.6 Å². The average Bonchev–Trinajstić information content (AvgIpc) is 3.21. The Balaban J connectivity index is 1.53. The minimum Gasteiger partial charge on any atom is -0.268 e. The third-order valence-corrected chi connectivity index (χ3v) is 5.55. The highest BCUT2D eigenvalue weighted by Gasteiger charge is 2.37. The summed E-state index contributed by atoms with van der Waals surface area (Å²) in [6.45, 7) is 3.02. The number of amides is 2. The van der Waals surface area contributed by atoms with Gasteiger partial charge in [0.05, 0.1) is 11.1 Å². The van der Waals surface area contributed by atoms with Gasteiger partial charge in [-0.15, -0.1) is 0 Å². The van der Waals surface area contributed by atoms with Crippen molar-refractivity contribution >= 4 is 22.8 Å². The number of hydrogen-bond donors (Lipinski definition) is 0. The van der Waals surface area contributed by atoms with Crippen molar-refractivity contribution in [3.8, 4) is 0 Å². The molecule has 5 rings (SSSR count). The van der Waals surface area contributed by atoms with E-state index in [0.29, 0.717) is 11.1 Å². The maximum atomic E-state index is 12.8. The Morgan fingerprint density at radius 2 is 1.41 bits per heavy atom. The van der Waals surface area contributed by atoms with E-state index in [2.05, 4.69) is 29.7 Å². The second-order valence-electron chi connectivity index (χ2n) is 7.35. The molecule has 1 aliphatic heterocycles. The van der Waals surface area contributed by atoms with Crippen LogP contribution < -0.4 is 4.57 Å². The van der Waals surface area contributed by atoms with Crippen LogP contribution in [-0.4, -0.2) is 21.3 Å². The Kier molecular flexibility index (Phi) is 4.02. The van der Waals surface area contributed by atoms with Crippen LogP contribution in [0.25, 0.3) is 11.0 Å². The molecule has 0 N–H and O–H groups in total. The lowest BCUT2D eigenvalue weighted by Crippen LogP contribution is -2.45. The predicted octanol–water partition coefficient (Wildman–Crippen LogP) is 3.54. The van der Waals surface area contributed by atoms with E-state index in [-0.39, 0.29) is 18.5 Å². The summed E-state index contributed by atoms with van der Waals surface area (Å²) in [7, 11) is 0. The van der Waals surface area contributed by atoms with Gasteiger partial charge < -0.3 is 0 Å². The molecular formula is C24H20N3O2+. The van der Waals surface area contributed by atoms with Gasteiger partial charge in [0.25, 0.3) is 11.8 Å². The predicted molar refractivity (Wildman–Crippen MR) is 109 cm³/mol. The summed E-state index contributed by atoms with van der Waals surface area (Å²) < 4.78 is 4.13. The Morgan fingerprint density at radius 3 is 2.14 bits per heavy atom. The molecule has 0 saturated heterocycles. The number of carbonyl (C=O) groups excluding carboxylic acids is 2. The molecule has 1 aliphatic rings. The van der Waals surface area contributed by atoms with Crippen molar-refractivity contribution in [2.24, 2.45) is 0 Å². The maximum absolute atomic E-state index is 12.8. The van der Waals surface area contributed by atoms with Gasteiger partial charge >= 0.3 is 0 Å². The molecule has 142 valence electrons. The zero-order chi connectivity index (χ0) is 20.0. The van der Waals surface area contributed by atoms with Crippen LogP contribution in [0.5, 0.6) is 0 Å². The minimum absolute atomic E-state index is 0.188. The molecule has 0 atom stereocenters. The van der Waals surface area contributed by atoms with Crippen molar-refractivity contribution in [1.29, 1.82) is 0 Å². The molecule has 29 heavy (non-hydrogen) atoms. The number of aromatic nitrogens is 2. The zero-order valence-electron chi connectivity index (χ0n) is 16.1. The fraction of sp³-hybridized carbons (Fsp3) is 0.125. The molecule has 2 heterocycles. The fourth-order valence-electron chi connectivity index (χ4n) is 3.97. The molecule has 0 fully saturated rings. The van der Waals surface area contributed by atoms with Gasteiger partial charge in [-0.1, -0.05) is 48.5 Å². The zero-order valence-corrected chi connectivity index (χ0v) is 16.1. The number of fused-ring (bicyclic) bond motifs is 2. The summed E-state index contributed by atoms with van der Waals surface area (Å²) in [6, 6.07) is 23.4. The molecule has 5 nitrogen and oxygen atoms in total. The smallest absolute Gasteiger partial charge is 0.264 e. The number of imide groups is 1. The van der Waals surface area contributed by atoms with Crippen LogP contribution in [0.2, 0.25) is 0 Å². The first kappa shape index (κ1) is 17.4. The van der Waals surface area contributed by atoms with Crippen molar-refractivity contribution in [1.82, 2.24) is 9.47 Å². The van der Waals surface area contributed by atoms with Crippen molar-refractivity contribution in [3.05, 3.63) is 101 Å². The highest BCUT2D eigenvalue weighted by molar-refractivity contribution is 6.21. The molecule has 0 bridgehead atoms. The van der Waals surface area contributed by atoms with Crippen LogP contribution in [0.1, 0.15) is 31.8 Å². The topological polar surface area (TPSA) is 46.2 Å². The van der Waals surface area contributed by atoms with Crippen molar-refractivity contribution in [2.75, 3.05) is 0 Å². The van der Waals surface area contributed by atoms with Gasteiger partial charge in [0.2, 0.25) is 6.33 Å². The molecule has 1 aromatic heterocycles. The number of para-hydroxylation sites is 2. The van der Waals surface area contributed by atoms with Crippen LogP contribution in [0.15, 0.2) is 79.1 Å². The van der Waals surface area contributed by atoms with Crippen LogP contribution in [0.4, 0.5) is 0 Å². The SMILES string of the molecule is Cc1ccccc1Cn1c[n+](CN2C(=O)c3ccccc3C2=O)c2ccccc21. The van der Waals surface area contributed by atoms with Crippen LogP contribution in [0.3, 0.4) is 0 Å². The van der Waals surface area contributed by atoms with Gasteiger partial charge in [-0.3, -0.25) is 9.59 Å². The molecule has 0 aliphatic carbocycles. The summed E-state index contributed by atoms with van der Waals surface area (Å²) in [6.07, 6.45) is 1.99. The molecule has 0 unspecified atom stereocenters. The molecule has 0 spiro atoms. The third kappa shape index (κ3) is 2.83. The summed E-state index contributed by atoms with van der Waals surface area (Å²) in [5.74, 6) is -0.484. The quantitative estimate of drug-likeness (QED) is 0.400. The standard InChI is InChI=1S/C24H20N3O2/c1-17-8-2-3-9-18(17)14-25-15-26(22-13-7-6-12-21(22)25)16-27-23(28)19-10-4-5-11-20(19)24(27)29/h2-13,15H,14,16H2,1H3/q+1. The molecule has 3 aromatic carbocycles. The summed E-state index contributed by atoms with van der Waals surface area (Å²) in [5, 5.41) is 0. The van der Waals surface area contributed by atoms with Crippen LogP contribution in [-0.2, 0) is 13.2 Å². The largest absolute Gasteiger partial charge is 0.268 e. The average molecular weight is 382 g/mol. The molecule has 0 saturated carbocycles. The molecule has 0 radical (unpaired) electrons. The van der Waals surface area contributed by atoms with E-state index in [1.807, 2.05) is 41.2 Å². The van der Waals surface area contributed by atoms with Gasteiger partial charge in [-0.05, 0) is 42.3 Å². The van der Waals surface area contributed by atoms with Gasteiger partial charge in [-0.25, -0.2) is 14.0 Å². The number of nitrogens with zero attached hydrogens (tertiary/aromatic N) is 3.